The van der Waals surface area contributed by atoms with E-state index in [0.717, 1.165) is 0 Å². The number of rotatable bonds is 7. The van der Waals surface area contributed by atoms with E-state index in [1.807, 2.05) is 6.07 Å². The van der Waals surface area contributed by atoms with Crippen LogP contribution in [0.5, 0.6) is 0 Å². The number of nitrogens with one attached hydrogen (secondary N) is 1. The molecular weight excluding hydrogens is 313 g/mol. The predicted octanol–water partition coefficient (Wildman–Crippen LogP) is 3.74. The van der Waals surface area contributed by atoms with Gasteiger partial charge >= 0.3 is 5.97 Å². The molecule has 0 amide bonds. The molecule has 0 aliphatic heterocycles. The van der Waals surface area contributed by atoms with Gasteiger partial charge in [0.1, 0.15) is 6.04 Å². The number of carboxylic acid groups (broad SMARTS) is 1. The Morgan fingerprint density at radius 1 is 1.04 bits per heavy atom. The quantitative estimate of drug-likeness (QED) is 0.672. The van der Waals surface area contributed by atoms with Crippen molar-refractivity contribution in [3.63, 3.8) is 0 Å². The third-order valence-electron chi connectivity index (χ3n) is 3.69. The van der Waals surface area contributed by atoms with Gasteiger partial charge in [0.15, 0.2) is 0 Å². The molecule has 3 unspecified atom stereocenters. The van der Waals surface area contributed by atoms with Gasteiger partial charge < -0.3 is 10.00 Å². The average molecular weight is 333 g/mol. The lowest BCUT2D eigenvalue weighted by atomic mass is 10.1. The van der Waals surface area contributed by atoms with Crippen molar-refractivity contribution in [2.24, 2.45) is 0 Å². The normalized spacial score (nSPS) is 16.3. The summed E-state index contributed by atoms with van der Waals surface area (Å²) in [5.41, 5.74) is 0.497. The summed E-state index contributed by atoms with van der Waals surface area (Å²) in [5, 5.41) is 11.9. The molecule has 0 aliphatic carbocycles. The maximum absolute atomic E-state index is 12.8. The average Bonchev–Trinajstić information content (AvgIpc) is 2.55. The fourth-order valence-corrected chi connectivity index (χ4v) is 4.43. The molecule has 0 bridgehead atoms. The van der Waals surface area contributed by atoms with Gasteiger partial charge in [-0.3, -0.25) is 9.36 Å². The van der Waals surface area contributed by atoms with Gasteiger partial charge in [-0.05, 0) is 17.5 Å². The minimum absolute atomic E-state index is 0.423. The number of aliphatic carboxylic acids is 1. The van der Waals surface area contributed by atoms with Crippen LogP contribution < -0.4 is 5.09 Å². The van der Waals surface area contributed by atoms with Gasteiger partial charge in [-0.25, -0.2) is 5.09 Å². The van der Waals surface area contributed by atoms with Crippen LogP contribution in [0.3, 0.4) is 0 Å². The Labute approximate surface area is 135 Å². The van der Waals surface area contributed by atoms with Gasteiger partial charge in [0.2, 0.25) is 0 Å². The van der Waals surface area contributed by atoms with Gasteiger partial charge in [-0.15, -0.1) is 0 Å². The van der Waals surface area contributed by atoms with Crippen LogP contribution in [0.2, 0.25) is 0 Å². The first-order valence-corrected chi connectivity index (χ1v) is 9.11. The van der Waals surface area contributed by atoms with E-state index in [1.54, 1.807) is 61.5 Å². The van der Waals surface area contributed by atoms with Crippen LogP contribution in [0, 0.1) is 0 Å². The molecule has 5 nitrogen and oxygen atoms in total. The van der Waals surface area contributed by atoms with Crippen LogP contribution in [0.25, 0.3) is 0 Å². The van der Waals surface area contributed by atoms with E-state index in [9.17, 15) is 19.4 Å². The second kappa shape index (κ2) is 7.55. The van der Waals surface area contributed by atoms with Crippen LogP contribution in [0.15, 0.2) is 60.7 Å². The summed E-state index contributed by atoms with van der Waals surface area (Å²) >= 11 is 0. The zero-order valence-corrected chi connectivity index (χ0v) is 13.7. The highest BCUT2D eigenvalue weighted by Gasteiger charge is 2.36. The molecule has 3 N–H and O–H groups in total. The first kappa shape index (κ1) is 17.4. The fourth-order valence-electron chi connectivity index (χ4n) is 2.55. The highest BCUT2D eigenvalue weighted by Crippen LogP contribution is 2.55. The lowest BCUT2D eigenvalue weighted by molar-refractivity contribution is -0.139. The molecule has 0 fully saturated rings. The summed E-state index contributed by atoms with van der Waals surface area (Å²) in [5.74, 6) is -1.19. The van der Waals surface area contributed by atoms with E-state index in [1.165, 1.54) is 0 Å². The zero-order chi connectivity index (χ0) is 16.9. The second-order valence-electron chi connectivity index (χ2n) is 5.27. The third kappa shape index (κ3) is 4.29. The van der Waals surface area contributed by atoms with Gasteiger partial charge in [-0.1, -0.05) is 67.6 Å². The lowest BCUT2D eigenvalue weighted by Crippen LogP contribution is -2.28. The van der Waals surface area contributed by atoms with Crippen molar-refractivity contribution in [3.8, 4) is 0 Å². The van der Waals surface area contributed by atoms with Crippen molar-refractivity contribution in [1.29, 1.82) is 0 Å². The first-order valence-electron chi connectivity index (χ1n) is 7.38. The molecule has 0 spiro atoms. The largest absolute Gasteiger partial charge is 0.480 e. The van der Waals surface area contributed by atoms with E-state index in [-0.39, 0.29) is 0 Å². The van der Waals surface area contributed by atoms with Crippen LogP contribution in [-0.4, -0.2) is 16.0 Å². The van der Waals surface area contributed by atoms with Crippen molar-refractivity contribution in [2.45, 2.75) is 25.0 Å². The first-order chi connectivity index (χ1) is 11.0. The SMILES string of the molecule is CCC(c1ccccc1)P(=O)(O)NC(C(=O)O)c1ccccc1. The molecule has 2 rings (SSSR count). The topological polar surface area (TPSA) is 86.6 Å². The lowest BCUT2D eigenvalue weighted by Gasteiger charge is -2.26. The third-order valence-corrected chi connectivity index (χ3v) is 5.82. The molecule has 0 heterocycles. The predicted molar refractivity (Wildman–Crippen MR) is 89.3 cm³/mol. The van der Waals surface area contributed by atoms with Crippen molar-refractivity contribution < 1.29 is 19.4 Å². The Hall–Kier alpha value is -1.94. The highest BCUT2D eigenvalue weighted by molar-refractivity contribution is 7.56. The van der Waals surface area contributed by atoms with Crippen LogP contribution in [-0.2, 0) is 9.36 Å². The zero-order valence-electron chi connectivity index (χ0n) is 12.8. The summed E-state index contributed by atoms with van der Waals surface area (Å²) in [7, 11) is -3.93. The monoisotopic (exact) mass is 333 g/mol. The Kier molecular flexibility index (Phi) is 5.72. The Morgan fingerprint density at radius 3 is 1.96 bits per heavy atom. The maximum atomic E-state index is 12.8. The molecule has 2 aromatic carbocycles. The standard InChI is InChI=1S/C17H20NO4P/c1-2-15(13-9-5-3-6-10-13)23(21,22)18-16(17(19)20)14-11-7-4-8-12-14/h3-12,15-16H,2H2,1H3,(H,19,20)(H2,18,21,22). The molecule has 0 aliphatic rings. The highest BCUT2D eigenvalue weighted by atomic mass is 31.2. The molecule has 0 saturated carbocycles. The van der Waals surface area contributed by atoms with E-state index < -0.39 is 25.2 Å². The van der Waals surface area contributed by atoms with Crippen molar-refractivity contribution in [3.05, 3.63) is 71.8 Å². The van der Waals surface area contributed by atoms with Crippen LogP contribution in [0.4, 0.5) is 0 Å². The summed E-state index contributed by atoms with van der Waals surface area (Å²) < 4.78 is 12.8. The van der Waals surface area contributed by atoms with Crippen LogP contribution in [0.1, 0.15) is 36.2 Å². The van der Waals surface area contributed by atoms with Gasteiger partial charge in [-0.2, -0.15) is 0 Å². The molecular formula is C17H20NO4P. The van der Waals surface area contributed by atoms with E-state index in [4.69, 9.17) is 0 Å². The summed E-state index contributed by atoms with van der Waals surface area (Å²) in [6.07, 6.45) is 0.423. The van der Waals surface area contributed by atoms with Gasteiger partial charge in [0.25, 0.3) is 7.52 Å². The molecule has 3 atom stereocenters. The van der Waals surface area contributed by atoms with E-state index in [0.29, 0.717) is 17.5 Å². The number of hydrogen-bond donors (Lipinski definition) is 3. The van der Waals surface area contributed by atoms with Gasteiger partial charge in [0.05, 0.1) is 5.66 Å². The molecule has 23 heavy (non-hydrogen) atoms. The summed E-state index contributed by atoms with van der Waals surface area (Å²) in [6, 6.07) is 16.1. The van der Waals surface area contributed by atoms with Crippen molar-refractivity contribution in [1.82, 2.24) is 5.09 Å². The minimum Gasteiger partial charge on any atom is -0.480 e. The Bertz CT molecular complexity index is 690. The van der Waals surface area contributed by atoms with E-state index >= 15 is 0 Å². The van der Waals surface area contributed by atoms with Crippen molar-refractivity contribution >= 4 is 13.5 Å². The smallest absolute Gasteiger partial charge is 0.325 e. The Balaban J connectivity index is 2.30. The Morgan fingerprint density at radius 2 is 1.52 bits per heavy atom. The molecule has 0 aromatic heterocycles. The molecule has 0 saturated heterocycles. The van der Waals surface area contributed by atoms with Gasteiger partial charge in [0, 0.05) is 0 Å². The number of carbonyl (C=O) groups is 1. The molecule has 0 radical (unpaired) electrons. The molecule has 6 heteroatoms. The number of benzene rings is 2. The van der Waals surface area contributed by atoms with E-state index in [2.05, 4.69) is 5.09 Å². The minimum atomic E-state index is -3.93. The maximum Gasteiger partial charge on any atom is 0.325 e. The second-order valence-corrected chi connectivity index (χ2v) is 7.40. The van der Waals surface area contributed by atoms with Crippen LogP contribution >= 0.6 is 7.52 Å². The fraction of sp³-hybridized carbons (Fsp3) is 0.235. The summed E-state index contributed by atoms with van der Waals surface area (Å²) in [6.45, 7) is 1.81. The molecule has 2 aromatic rings. The number of hydrogen-bond acceptors (Lipinski definition) is 2. The summed E-state index contributed by atoms with van der Waals surface area (Å²) in [4.78, 5) is 22.0. The molecule has 122 valence electrons. The number of carboxylic acids is 1. The van der Waals surface area contributed by atoms with Crippen molar-refractivity contribution in [2.75, 3.05) is 0 Å².